The fraction of sp³-hybridized carbons (Fsp3) is 0.733. The zero-order valence-corrected chi connectivity index (χ0v) is 12.1. The molecule has 20 heavy (non-hydrogen) atoms. The quantitative estimate of drug-likeness (QED) is 0.903. The number of nitrogens with one attached hydrogen (secondary N) is 1. The highest BCUT2D eigenvalue weighted by molar-refractivity contribution is 5.76. The van der Waals surface area contributed by atoms with Gasteiger partial charge in [0, 0.05) is 43.9 Å². The summed E-state index contributed by atoms with van der Waals surface area (Å²) in [6, 6.07) is 0. The van der Waals surface area contributed by atoms with E-state index in [1.54, 1.807) is 0 Å². The molecule has 2 aliphatic heterocycles. The SMILES string of the molecule is O=C(CCn1cncc1C1CCNCC1)N1CCCC1. The van der Waals surface area contributed by atoms with Crippen molar-refractivity contribution in [3.05, 3.63) is 18.2 Å². The number of piperidine rings is 1. The molecule has 1 N–H and O–H groups in total. The predicted octanol–water partition coefficient (Wildman–Crippen LogP) is 1.36. The number of rotatable bonds is 4. The van der Waals surface area contributed by atoms with Crippen LogP contribution in [-0.2, 0) is 11.3 Å². The van der Waals surface area contributed by atoms with E-state index in [2.05, 4.69) is 14.9 Å². The van der Waals surface area contributed by atoms with Gasteiger partial charge in [-0.15, -0.1) is 0 Å². The van der Waals surface area contributed by atoms with E-state index in [-0.39, 0.29) is 0 Å². The fourth-order valence-corrected chi connectivity index (χ4v) is 3.32. The van der Waals surface area contributed by atoms with Crippen molar-refractivity contribution in [3.8, 4) is 0 Å². The largest absolute Gasteiger partial charge is 0.343 e. The third-order valence-corrected chi connectivity index (χ3v) is 4.53. The van der Waals surface area contributed by atoms with Crippen LogP contribution in [0, 0.1) is 0 Å². The lowest BCUT2D eigenvalue weighted by atomic mass is 9.95. The van der Waals surface area contributed by atoms with E-state index in [1.165, 1.54) is 18.5 Å². The maximum absolute atomic E-state index is 12.1. The molecular formula is C15H24N4O. The van der Waals surface area contributed by atoms with Gasteiger partial charge in [0.15, 0.2) is 0 Å². The Hall–Kier alpha value is -1.36. The molecule has 3 rings (SSSR count). The van der Waals surface area contributed by atoms with Gasteiger partial charge < -0.3 is 14.8 Å². The van der Waals surface area contributed by atoms with E-state index in [9.17, 15) is 4.79 Å². The molecule has 1 amide bonds. The van der Waals surface area contributed by atoms with Crippen LogP contribution in [0.2, 0.25) is 0 Å². The van der Waals surface area contributed by atoms with Gasteiger partial charge in [-0.3, -0.25) is 4.79 Å². The molecule has 110 valence electrons. The van der Waals surface area contributed by atoms with Crippen LogP contribution in [0.5, 0.6) is 0 Å². The molecule has 0 spiro atoms. The smallest absolute Gasteiger partial charge is 0.224 e. The Labute approximate surface area is 120 Å². The number of nitrogens with zero attached hydrogens (tertiary/aromatic N) is 3. The molecule has 0 bridgehead atoms. The molecule has 0 atom stereocenters. The number of hydrogen-bond donors (Lipinski definition) is 1. The molecule has 2 aliphatic rings. The predicted molar refractivity (Wildman–Crippen MR) is 77.5 cm³/mol. The van der Waals surface area contributed by atoms with Gasteiger partial charge in [-0.2, -0.15) is 0 Å². The highest BCUT2D eigenvalue weighted by Gasteiger charge is 2.21. The van der Waals surface area contributed by atoms with E-state index in [4.69, 9.17) is 0 Å². The van der Waals surface area contributed by atoms with Crippen molar-refractivity contribution in [3.63, 3.8) is 0 Å². The van der Waals surface area contributed by atoms with Crippen molar-refractivity contribution in [2.45, 2.75) is 44.6 Å². The van der Waals surface area contributed by atoms with Gasteiger partial charge in [0.1, 0.15) is 0 Å². The van der Waals surface area contributed by atoms with Crippen LogP contribution in [0.4, 0.5) is 0 Å². The second kappa shape index (κ2) is 6.39. The van der Waals surface area contributed by atoms with Gasteiger partial charge in [-0.25, -0.2) is 4.98 Å². The molecule has 0 aliphatic carbocycles. The maximum atomic E-state index is 12.1. The zero-order chi connectivity index (χ0) is 13.8. The first-order valence-electron chi connectivity index (χ1n) is 7.83. The van der Waals surface area contributed by atoms with Gasteiger partial charge in [0.2, 0.25) is 5.91 Å². The van der Waals surface area contributed by atoms with Crippen LogP contribution in [0.3, 0.4) is 0 Å². The second-order valence-corrected chi connectivity index (χ2v) is 5.87. The average molecular weight is 276 g/mol. The molecular weight excluding hydrogens is 252 g/mol. The first kappa shape index (κ1) is 13.6. The Morgan fingerprint density at radius 2 is 2.05 bits per heavy atom. The molecule has 2 saturated heterocycles. The van der Waals surface area contributed by atoms with Crippen LogP contribution in [0.25, 0.3) is 0 Å². The lowest BCUT2D eigenvalue weighted by Gasteiger charge is -2.24. The van der Waals surface area contributed by atoms with Crippen molar-refractivity contribution in [1.82, 2.24) is 19.8 Å². The van der Waals surface area contributed by atoms with Gasteiger partial charge in [-0.05, 0) is 38.8 Å². The number of aromatic nitrogens is 2. The van der Waals surface area contributed by atoms with Gasteiger partial charge in [0.25, 0.3) is 0 Å². The number of carbonyl (C=O) groups excluding carboxylic acids is 1. The monoisotopic (exact) mass is 276 g/mol. The molecule has 1 aromatic heterocycles. The molecule has 0 radical (unpaired) electrons. The third kappa shape index (κ3) is 3.03. The minimum atomic E-state index is 0.299. The molecule has 0 unspecified atom stereocenters. The van der Waals surface area contributed by atoms with E-state index in [0.29, 0.717) is 18.2 Å². The minimum absolute atomic E-state index is 0.299. The standard InChI is InChI=1S/C15H24N4O/c20-15(18-8-1-2-9-18)5-10-19-12-17-11-14(19)13-3-6-16-7-4-13/h11-13,16H,1-10H2. The fourth-order valence-electron chi connectivity index (χ4n) is 3.32. The molecule has 0 saturated carbocycles. The summed E-state index contributed by atoms with van der Waals surface area (Å²) in [5, 5.41) is 3.39. The summed E-state index contributed by atoms with van der Waals surface area (Å²) in [4.78, 5) is 18.4. The second-order valence-electron chi connectivity index (χ2n) is 5.87. The average Bonchev–Trinajstić information content (AvgIpc) is 3.17. The van der Waals surface area contributed by atoms with E-state index < -0.39 is 0 Å². The molecule has 0 aromatic carbocycles. The van der Waals surface area contributed by atoms with Crippen LogP contribution >= 0.6 is 0 Å². The first-order valence-corrected chi connectivity index (χ1v) is 7.83. The van der Waals surface area contributed by atoms with Crippen molar-refractivity contribution in [2.24, 2.45) is 0 Å². The van der Waals surface area contributed by atoms with Crippen LogP contribution in [-0.4, -0.2) is 46.5 Å². The summed E-state index contributed by atoms with van der Waals surface area (Å²) in [6.45, 7) is 4.84. The Morgan fingerprint density at radius 1 is 1.30 bits per heavy atom. The Kier molecular flexibility index (Phi) is 4.35. The van der Waals surface area contributed by atoms with Crippen LogP contribution < -0.4 is 5.32 Å². The highest BCUT2D eigenvalue weighted by Crippen LogP contribution is 2.25. The highest BCUT2D eigenvalue weighted by atomic mass is 16.2. The van der Waals surface area contributed by atoms with Crippen LogP contribution in [0.1, 0.15) is 43.7 Å². The number of amides is 1. The van der Waals surface area contributed by atoms with E-state index in [0.717, 1.165) is 45.6 Å². The van der Waals surface area contributed by atoms with Crippen molar-refractivity contribution in [2.75, 3.05) is 26.2 Å². The lowest BCUT2D eigenvalue weighted by molar-refractivity contribution is -0.130. The summed E-state index contributed by atoms with van der Waals surface area (Å²) in [5.41, 5.74) is 1.31. The Morgan fingerprint density at radius 3 is 2.80 bits per heavy atom. The minimum Gasteiger partial charge on any atom is -0.343 e. The van der Waals surface area contributed by atoms with Gasteiger partial charge >= 0.3 is 0 Å². The van der Waals surface area contributed by atoms with Crippen molar-refractivity contribution >= 4 is 5.91 Å². The maximum Gasteiger partial charge on any atom is 0.224 e. The van der Waals surface area contributed by atoms with E-state index >= 15 is 0 Å². The number of likely N-dealkylation sites (tertiary alicyclic amines) is 1. The van der Waals surface area contributed by atoms with E-state index in [1.807, 2.05) is 17.4 Å². The topological polar surface area (TPSA) is 50.2 Å². The summed E-state index contributed by atoms with van der Waals surface area (Å²) < 4.78 is 2.18. The summed E-state index contributed by atoms with van der Waals surface area (Å²) in [5.74, 6) is 0.896. The normalized spacial score (nSPS) is 20.5. The number of aryl methyl sites for hydroxylation is 1. The van der Waals surface area contributed by atoms with Gasteiger partial charge in [-0.1, -0.05) is 0 Å². The number of imidazole rings is 1. The molecule has 5 heteroatoms. The van der Waals surface area contributed by atoms with Crippen LogP contribution in [0.15, 0.2) is 12.5 Å². The molecule has 1 aromatic rings. The molecule has 3 heterocycles. The Balaban J connectivity index is 1.57. The van der Waals surface area contributed by atoms with Crippen molar-refractivity contribution < 1.29 is 4.79 Å². The molecule has 2 fully saturated rings. The lowest BCUT2D eigenvalue weighted by Crippen LogP contribution is -2.29. The third-order valence-electron chi connectivity index (χ3n) is 4.53. The summed E-state index contributed by atoms with van der Waals surface area (Å²) >= 11 is 0. The first-order chi connectivity index (χ1) is 9.84. The van der Waals surface area contributed by atoms with Crippen molar-refractivity contribution in [1.29, 1.82) is 0 Å². The molecule has 5 nitrogen and oxygen atoms in total. The Bertz CT molecular complexity index is 444. The number of carbonyl (C=O) groups is 1. The number of hydrogen-bond acceptors (Lipinski definition) is 3. The summed E-state index contributed by atoms with van der Waals surface area (Å²) in [6.07, 6.45) is 9.14. The summed E-state index contributed by atoms with van der Waals surface area (Å²) in [7, 11) is 0. The zero-order valence-electron chi connectivity index (χ0n) is 12.1. The van der Waals surface area contributed by atoms with Gasteiger partial charge in [0.05, 0.1) is 6.33 Å².